The molecule has 0 atom stereocenters. The summed E-state index contributed by atoms with van der Waals surface area (Å²) in [5.41, 5.74) is 4.80. The van der Waals surface area contributed by atoms with Gasteiger partial charge >= 0.3 is 5.97 Å². The van der Waals surface area contributed by atoms with Crippen LogP contribution >= 0.6 is 11.6 Å². The quantitative estimate of drug-likeness (QED) is 0.560. The summed E-state index contributed by atoms with van der Waals surface area (Å²) in [5, 5.41) is 0.0742. The van der Waals surface area contributed by atoms with E-state index in [-0.39, 0.29) is 16.3 Å². The number of rotatable bonds is 1. The van der Waals surface area contributed by atoms with E-state index in [0.717, 1.165) is 7.11 Å². The van der Waals surface area contributed by atoms with Crippen molar-refractivity contribution in [2.75, 3.05) is 12.8 Å². The highest BCUT2D eigenvalue weighted by Gasteiger charge is 2.15. The molecule has 0 heterocycles. The maximum Gasteiger partial charge on any atom is 0.340 e. The van der Waals surface area contributed by atoms with Gasteiger partial charge in [-0.05, 0) is 12.1 Å². The SMILES string of the molecule is COC(=O)c1ccc(Cl)c(N)c1F. The van der Waals surface area contributed by atoms with Gasteiger partial charge < -0.3 is 10.5 Å². The van der Waals surface area contributed by atoms with Gasteiger partial charge in [0.2, 0.25) is 0 Å². The maximum absolute atomic E-state index is 13.2. The zero-order chi connectivity index (χ0) is 10.0. The summed E-state index contributed by atoms with van der Waals surface area (Å²) in [6, 6.07) is 2.56. The number of benzene rings is 1. The first-order valence-electron chi connectivity index (χ1n) is 3.39. The highest BCUT2D eigenvalue weighted by Crippen LogP contribution is 2.24. The number of hydrogen-bond acceptors (Lipinski definition) is 3. The van der Waals surface area contributed by atoms with Crippen molar-refractivity contribution in [1.29, 1.82) is 0 Å². The van der Waals surface area contributed by atoms with Crippen LogP contribution in [0.15, 0.2) is 12.1 Å². The molecule has 0 fully saturated rings. The minimum absolute atomic E-state index is 0.0742. The van der Waals surface area contributed by atoms with Gasteiger partial charge in [-0.1, -0.05) is 11.6 Å². The molecule has 0 saturated carbocycles. The van der Waals surface area contributed by atoms with Crippen molar-refractivity contribution in [2.45, 2.75) is 0 Å². The summed E-state index contributed by atoms with van der Waals surface area (Å²) in [6.07, 6.45) is 0. The highest BCUT2D eigenvalue weighted by atomic mass is 35.5. The van der Waals surface area contributed by atoms with Crippen molar-refractivity contribution >= 4 is 23.3 Å². The summed E-state index contributed by atoms with van der Waals surface area (Å²) in [6.45, 7) is 0. The van der Waals surface area contributed by atoms with E-state index in [9.17, 15) is 9.18 Å². The molecule has 0 aliphatic heterocycles. The van der Waals surface area contributed by atoms with Gasteiger partial charge in [0, 0.05) is 0 Å². The molecule has 13 heavy (non-hydrogen) atoms. The Bertz CT molecular complexity index is 354. The largest absolute Gasteiger partial charge is 0.465 e. The lowest BCUT2D eigenvalue weighted by Crippen LogP contribution is -2.06. The second kappa shape index (κ2) is 3.62. The van der Waals surface area contributed by atoms with E-state index in [1.54, 1.807) is 0 Å². The second-order valence-corrected chi connectivity index (χ2v) is 2.72. The number of esters is 1. The third-order valence-electron chi connectivity index (χ3n) is 1.53. The fourth-order valence-corrected chi connectivity index (χ4v) is 0.983. The lowest BCUT2D eigenvalue weighted by atomic mass is 10.2. The van der Waals surface area contributed by atoms with E-state index < -0.39 is 11.8 Å². The van der Waals surface area contributed by atoms with E-state index in [2.05, 4.69) is 4.74 Å². The molecular formula is C8H7ClFNO2. The molecule has 0 aliphatic carbocycles. The first-order valence-corrected chi connectivity index (χ1v) is 3.77. The first kappa shape index (κ1) is 9.80. The van der Waals surface area contributed by atoms with Crippen LogP contribution in [-0.4, -0.2) is 13.1 Å². The number of nitrogen functional groups attached to an aromatic ring is 1. The molecule has 0 radical (unpaired) electrons. The molecule has 3 nitrogen and oxygen atoms in total. The van der Waals surface area contributed by atoms with E-state index in [1.165, 1.54) is 12.1 Å². The second-order valence-electron chi connectivity index (χ2n) is 2.31. The van der Waals surface area contributed by atoms with Gasteiger partial charge in [0.25, 0.3) is 0 Å². The summed E-state index contributed by atoms with van der Waals surface area (Å²) < 4.78 is 17.5. The molecule has 0 aliphatic rings. The van der Waals surface area contributed by atoms with Crippen LogP contribution in [0, 0.1) is 5.82 Å². The van der Waals surface area contributed by atoms with E-state index in [1.807, 2.05) is 0 Å². The monoisotopic (exact) mass is 203 g/mol. The lowest BCUT2D eigenvalue weighted by Gasteiger charge is -2.04. The number of nitrogens with two attached hydrogens (primary N) is 1. The molecule has 70 valence electrons. The molecule has 0 saturated heterocycles. The van der Waals surface area contributed by atoms with Crippen molar-refractivity contribution in [3.05, 3.63) is 28.5 Å². The minimum Gasteiger partial charge on any atom is -0.465 e. The van der Waals surface area contributed by atoms with Gasteiger partial charge in [0.15, 0.2) is 5.82 Å². The van der Waals surface area contributed by atoms with Gasteiger partial charge in [0.1, 0.15) is 0 Å². The molecule has 0 aromatic heterocycles. The molecule has 1 aromatic rings. The minimum atomic E-state index is -0.848. The van der Waals surface area contributed by atoms with Crippen molar-refractivity contribution < 1.29 is 13.9 Å². The number of ether oxygens (including phenoxy) is 1. The third-order valence-corrected chi connectivity index (χ3v) is 1.86. The Morgan fingerprint density at radius 2 is 2.23 bits per heavy atom. The Labute approximate surface area is 79.2 Å². The van der Waals surface area contributed by atoms with Crippen LogP contribution in [0.5, 0.6) is 0 Å². The normalized spacial score (nSPS) is 9.77. The molecule has 1 rings (SSSR count). The Morgan fingerprint density at radius 1 is 1.62 bits per heavy atom. The molecule has 5 heteroatoms. The van der Waals surface area contributed by atoms with Crippen molar-refractivity contribution in [2.24, 2.45) is 0 Å². The fraction of sp³-hybridized carbons (Fsp3) is 0.125. The highest BCUT2D eigenvalue weighted by molar-refractivity contribution is 6.33. The number of hydrogen-bond donors (Lipinski definition) is 1. The van der Waals surface area contributed by atoms with E-state index in [4.69, 9.17) is 17.3 Å². The number of carbonyl (C=O) groups excluding carboxylic acids is 1. The van der Waals surface area contributed by atoms with Crippen LogP contribution in [0.1, 0.15) is 10.4 Å². The van der Waals surface area contributed by atoms with Gasteiger partial charge in [-0.25, -0.2) is 9.18 Å². The molecule has 1 aromatic carbocycles. The topological polar surface area (TPSA) is 52.3 Å². The molecule has 0 unspecified atom stereocenters. The van der Waals surface area contributed by atoms with Crippen LogP contribution in [0.2, 0.25) is 5.02 Å². The first-order chi connectivity index (χ1) is 6.07. The molecular weight excluding hydrogens is 197 g/mol. The van der Waals surface area contributed by atoms with Crippen LogP contribution in [0.4, 0.5) is 10.1 Å². The van der Waals surface area contributed by atoms with E-state index in [0.29, 0.717) is 0 Å². The number of carbonyl (C=O) groups is 1. The van der Waals surface area contributed by atoms with Gasteiger partial charge in [-0.15, -0.1) is 0 Å². The Hall–Kier alpha value is -1.29. The van der Waals surface area contributed by atoms with E-state index >= 15 is 0 Å². The fourth-order valence-electron chi connectivity index (χ4n) is 0.837. The van der Waals surface area contributed by atoms with Gasteiger partial charge in [-0.3, -0.25) is 0 Å². The van der Waals surface area contributed by atoms with Crippen LogP contribution in [0.3, 0.4) is 0 Å². The Kier molecular flexibility index (Phi) is 2.72. The zero-order valence-corrected chi connectivity index (χ0v) is 7.56. The zero-order valence-electron chi connectivity index (χ0n) is 6.80. The van der Waals surface area contributed by atoms with Crippen molar-refractivity contribution in [3.63, 3.8) is 0 Å². The summed E-state index contributed by atoms with van der Waals surface area (Å²) in [4.78, 5) is 10.9. The predicted molar refractivity (Wildman–Crippen MR) is 47.2 cm³/mol. The van der Waals surface area contributed by atoms with Crippen LogP contribution < -0.4 is 5.73 Å². The van der Waals surface area contributed by atoms with Gasteiger partial charge in [-0.2, -0.15) is 0 Å². The average Bonchev–Trinajstić information content (AvgIpc) is 2.13. The maximum atomic E-state index is 13.2. The smallest absolute Gasteiger partial charge is 0.340 e. The molecule has 0 spiro atoms. The standard InChI is InChI=1S/C8H7ClFNO2/c1-13-8(12)4-2-3-5(9)7(11)6(4)10/h2-3H,11H2,1H3. The Balaban J connectivity index is 3.26. The number of halogens is 2. The molecule has 0 bridgehead atoms. The predicted octanol–water partition coefficient (Wildman–Crippen LogP) is 1.85. The summed E-state index contributed by atoms with van der Waals surface area (Å²) >= 11 is 5.52. The Morgan fingerprint density at radius 3 is 2.77 bits per heavy atom. The third kappa shape index (κ3) is 1.72. The molecule has 0 amide bonds. The van der Waals surface area contributed by atoms with Crippen molar-refractivity contribution in [1.82, 2.24) is 0 Å². The number of methoxy groups -OCH3 is 1. The summed E-state index contributed by atoms with van der Waals surface area (Å²) in [7, 11) is 1.16. The summed E-state index contributed by atoms with van der Waals surface area (Å²) in [5.74, 6) is -1.62. The lowest BCUT2D eigenvalue weighted by molar-refractivity contribution is 0.0595. The van der Waals surface area contributed by atoms with Gasteiger partial charge in [0.05, 0.1) is 23.4 Å². The molecule has 2 N–H and O–H groups in total. The van der Waals surface area contributed by atoms with Crippen molar-refractivity contribution in [3.8, 4) is 0 Å². The number of anilines is 1. The van der Waals surface area contributed by atoms with Crippen LogP contribution in [-0.2, 0) is 4.74 Å². The average molecular weight is 204 g/mol. The van der Waals surface area contributed by atoms with Crippen LogP contribution in [0.25, 0.3) is 0 Å².